The van der Waals surface area contributed by atoms with Gasteiger partial charge in [0.2, 0.25) is 5.91 Å². The number of nitrogens with zero attached hydrogens (tertiary/aromatic N) is 1. The number of benzene rings is 2. The second-order valence-corrected chi connectivity index (χ2v) is 8.80. The minimum atomic E-state index is -3.39. The molecule has 0 saturated carbocycles. The van der Waals surface area contributed by atoms with Crippen molar-refractivity contribution in [3.8, 4) is 0 Å². The predicted octanol–water partition coefficient (Wildman–Crippen LogP) is 2.94. The SMILES string of the molecule is CS(=O)(=O)c1ccccc1NC(=O)C1CCCN(Cc2ccccc2)C1. The lowest BCUT2D eigenvalue weighted by molar-refractivity contribution is -0.121. The molecule has 1 atom stereocenters. The van der Waals surface area contributed by atoms with Gasteiger partial charge in [-0.2, -0.15) is 0 Å². The molecule has 3 rings (SSSR count). The van der Waals surface area contributed by atoms with E-state index in [1.54, 1.807) is 18.2 Å². The summed E-state index contributed by atoms with van der Waals surface area (Å²) in [7, 11) is -3.39. The van der Waals surface area contributed by atoms with Crippen molar-refractivity contribution >= 4 is 21.4 Å². The zero-order valence-electron chi connectivity index (χ0n) is 14.9. The van der Waals surface area contributed by atoms with E-state index in [1.807, 2.05) is 18.2 Å². The van der Waals surface area contributed by atoms with Crippen LogP contribution in [-0.4, -0.2) is 38.6 Å². The molecule has 1 aliphatic heterocycles. The number of anilines is 1. The van der Waals surface area contributed by atoms with Gasteiger partial charge in [0.15, 0.2) is 9.84 Å². The molecule has 6 heteroatoms. The van der Waals surface area contributed by atoms with Crippen LogP contribution in [0.1, 0.15) is 18.4 Å². The second kappa shape index (κ2) is 8.01. The molecule has 1 heterocycles. The molecule has 2 aromatic rings. The molecule has 5 nitrogen and oxygen atoms in total. The molecule has 0 bridgehead atoms. The molecule has 0 aliphatic carbocycles. The van der Waals surface area contributed by atoms with Crippen LogP contribution >= 0.6 is 0 Å². The van der Waals surface area contributed by atoms with Crippen molar-refractivity contribution in [2.45, 2.75) is 24.3 Å². The van der Waals surface area contributed by atoms with Crippen molar-refractivity contribution in [3.05, 3.63) is 60.2 Å². The van der Waals surface area contributed by atoms with Gasteiger partial charge in [0, 0.05) is 19.3 Å². The van der Waals surface area contributed by atoms with Crippen molar-refractivity contribution in [3.63, 3.8) is 0 Å². The number of sulfone groups is 1. The molecule has 0 radical (unpaired) electrons. The highest BCUT2D eigenvalue weighted by atomic mass is 32.2. The van der Waals surface area contributed by atoms with Gasteiger partial charge >= 0.3 is 0 Å². The third kappa shape index (κ3) is 4.71. The number of para-hydroxylation sites is 1. The Labute approximate surface area is 154 Å². The van der Waals surface area contributed by atoms with Crippen LogP contribution in [-0.2, 0) is 21.2 Å². The number of amides is 1. The van der Waals surface area contributed by atoms with Crippen LogP contribution < -0.4 is 5.32 Å². The van der Waals surface area contributed by atoms with Gasteiger partial charge < -0.3 is 5.32 Å². The maximum absolute atomic E-state index is 12.7. The zero-order valence-corrected chi connectivity index (χ0v) is 15.7. The van der Waals surface area contributed by atoms with Gasteiger partial charge in [0.05, 0.1) is 16.5 Å². The molecule has 26 heavy (non-hydrogen) atoms. The summed E-state index contributed by atoms with van der Waals surface area (Å²) >= 11 is 0. The minimum Gasteiger partial charge on any atom is -0.325 e. The monoisotopic (exact) mass is 372 g/mol. The number of carbonyl (C=O) groups is 1. The molecule has 1 saturated heterocycles. The van der Waals surface area contributed by atoms with Crippen LogP contribution in [0.15, 0.2) is 59.5 Å². The number of piperidine rings is 1. The first-order valence-electron chi connectivity index (χ1n) is 8.80. The van der Waals surface area contributed by atoms with Crippen LogP contribution in [0.2, 0.25) is 0 Å². The van der Waals surface area contributed by atoms with E-state index in [4.69, 9.17) is 0 Å². The Morgan fingerprint density at radius 3 is 2.54 bits per heavy atom. The predicted molar refractivity (Wildman–Crippen MR) is 103 cm³/mol. The standard InChI is InChI=1S/C20H24N2O3S/c1-26(24,25)19-12-6-5-11-18(19)21-20(23)17-10-7-13-22(15-17)14-16-8-3-2-4-9-16/h2-6,8-9,11-12,17H,7,10,13-15H2,1H3,(H,21,23). The quantitative estimate of drug-likeness (QED) is 0.876. The van der Waals surface area contributed by atoms with Crippen molar-refractivity contribution in [1.82, 2.24) is 4.90 Å². The maximum atomic E-state index is 12.7. The van der Waals surface area contributed by atoms with Crippen molar-refractivity contribution in [2.75, 3.05) is 24.7 Å². The van der Waals surface area contributed by atoms with E-state index in [0.29, 0.717) is 12.2 Å². The first-order chi connectivity index (χ1) is 12.4. The minimum absolute atomic E-state index is 0.112. The van der Waals surface area contributed by atoms with E-state index in [1.165, 1.54) is 11.6 Å². The van der Waals surface area contributed by atoms with E-state index >= 15 is 0 Å². The summed E-state index contributed by atoms with van der Waals surface area (Å²) in [5, 5.41) is 2.83. The lowest BCUT2D eigenvalue weighted by Gasteiger charge is -2.32. The van der Waals surface area contributed by atoms with E-state index < -0.39 is 9.84 Å². The molecule has 2 aromatic carbocycles. The van der Waals surface area contributed by atoms with E-state index in [-0.39, 0.29) is 16.7 Å². The number of nitrogens with one attached hydrogen (secondary N) is 1. The van der Waals surface area contributed by atoms with Gasteiger partial charge in [-0.3, -0.25) is 9.69 Å². The fraction of sp³-hybridized carbons (Fsp3) is 0.350. The summed E-state index contributed by atoms with van der Waals surface area (Å²) in [6, 6.07) is 16.8. The Morgan fingerprint density at radius 1 is 1.12 bits per heavy atom. The maximum Gasteiger partial charge on any atom is 0.228 e. The van der Waals surface area contributed by atoms with Gasteiger partial charge in [0.1, 0.15) is 0 Å². The Balaban J connectivity index is 1.67. The fourth-order valence-electron chi connectivity index (χ4n) is 3.38. The molecular formula is C20H24N2O3S. The third-order valence-corrected chi connectivity index (χ3v) is 5.82. The van der Waals surface area contributed by atoms with Crippen molar-refractivity contribution < 1.29 is 13.2 Å². The molecule has 1 aliphatic rings. The largest absolute Gasteiger partial charge is 0.325 e. The molecule has 1 N–H and O–H groups in total. The fourth-order valence-corrected chi connectivity index (χ4v) is 4.23. The number of carbonyl (C=O) groups excluding carboxylic acids is 1. The van der Waals surface area contributed by atoms with Crippen LogP contribution in [0.3, 0.4) is 0 Å². The van der Waals surface area contributed by atoms with Gasteiger partial charge in [-0.25, -0.2) is 8.42 Å². The van der Waals surface area contributed by atoms with E-state index in [2.05, 4.69) is 22.3 Å². The Hall–Kier alpha value is -2.18. The lowest BCUT2D eigenvalue weighted by Crippen LogP contribution is -2.40. The van der Waals surface area contributed by atoms with E-state index in [9.17, 15) is 13.2 Å². The first-order valence-corrected chi connectivity index (χ1v) is 10.7. The molecule has 138 valence electrons. The summed E-state index contributed by atoms with van der Waals surface area (Å²) in [6.45, 7) is 2.48. The zero-order chi connectivity index (χ0) is 18.6. The molecule has 1 amide bonds. The Kier molecular flexibility index (Phi) is 5.74. The normalized spacial score (nSPS) is 18.4. The molecule has 1 fully saturated rings. The number of likely N-dealkylation sites (tertiary alicyclic amines) is 1. The summed E-state index contributed by atoms with van der Waals surface area (Å²) in [5.74, 6) is -0.251. The van der Waals surface area contributed by atoms with Gasteiger partial charge in [0.25, 0.3) is 0 Å². The third-order valence-electron chi connectivity index (χ3n) is 4.67. The average molecular weight is 372 g/mol. The second-order valence-electron chi connectivity index (χ2n) is 6.82. The van der Waals surface area contributed by atoms with Crippen LogP contribution in [0.5, 0.6) is 0 Å². The van der Waals surface area contributed by atoms with Crippen LogP contribution in [0.4, 0.5) is 5.69 Å². The number of hydrogen-bond donors (Lipinski definition) is 1. The topological polar surface area (TPSA) is 66.5 Å². The number of hydrogen-bond acceptors (Lipinski definition) is 4. The van der Waals surface area contributed by atoms with Crippen molar-refractivity contribution in [1.29, 1.82) is 0 Å². The molecular weight excluding hydrogens is 348 g/mol. The molecule has 0 aromatic heterocycles. The summed E-state index contributed by atoms with van der Waals surface area (Å²) in [6.07, 6.45) is 2.93. The highest BCUT2D eigenvalue weighted by Crippen LogP contribution is 2.24. The van der Waals surface area contributed by atoms with Crippen LogP contribution in [0, 0.1) is 5.92 Å². The van der Waals surface area contributed by atoms with Crippen LogP contribution in [0.25, 0.3) is 0 Å². The van der Waals surface area contributed by atoms with Gasteiger partial charge in [-0.05, 0) is 37.1 Å². The Bertz CT molecular complexity index is 866. The van der Waals surface area contributed by atoms with Gasteiger partial charge in [-0.1, -0.05) is 42.5 Å². The average Bonchev–Trinajstić information content (AvgIpc) is 2.62. The Morgan fingerprint density at radius 2 is 1.81 bits per heavy atom. The smallest absolute Gasteiger partial charge is 0.228 e. The van der Waals surface area contributed by atoms with Crippen molar-refractivity contribution in [2.24, 2.45) is 5.92 Å². The number of rotatable bonds is 5. The van der Waals surface area contributed by atoms with Gasteiger partial charge in [-0.15, -0.1) is 0 Å². The summed E-state index contributed by atoms with van der Waals surface area (Å²) in [5.41, 5.74) is 1.59. The molecule has 1 unspecified atom stereocenters. The summed E-state index contributed by atoms with van der Waals surface area (Å²) < 4.78 is 23.8. The molecule has 0 spiro atoms. The lowest BCUT2D eigenvalue weighted by atomic mass is 9.96. The first kappa shape index (κ1) is 18.6. The summed E-state index contributed by atoms with van der Waals surface area (Å²) in [4.78, 5) is 15.2. The highest BCUT2D eigenvalue weighted by Gasteiger charge is 2.27. The van der Waals surface area contributed by atoms with E-state index in [0.717, 1.165) is 32.2 Å². The highest BCUT2D eigenvalue weighted by molar-refractivity contribution is 7.90.